The van der Waals surface area contributed by atoms with Crippen molar-refractivity contribution in [3.05, 3.63) is 34.5 Å². The first-order chi connectivity index (χ1) is 10.5. The molecule has 0 spiro atoms. The van der Waals surface area contributed by atoms with Gasteiger partial charge in [-0.15, -0.1) is 11.3 Å². The van der Waals surface area contributed by atoms with Crippen molar-refractivity contribution in [2.24, 2.45) is 0 Å². The third-order valence-corrected chi connectivity index (χ3v) is 4.56. The molecule has 0 amide bonds. The number of nitrogens with zero attached hydrogens (tertiary/aromatic N) is 3. The van der Waals surface area contributed by atoms with E-state index < -0.39 is 0 Å². The molecule has 0 atom stereocenters. The van der Waals surface area contributed by atoms with Gasteiger partial charge in [0.25, 0.3) is 0 Å². The summed E-state index contributed by atoms with van der Waals surface area (Å²) in [5, 5.41) is 3.98. The molecule has 0 aliphatic heterocycles. The lowest BCUT2D eigenvalue weighted by molar-refractivity contribution is 0.412. The van der Waals surface area contributed by atoms with Gasteiger partial charge in [0, 0.05) is 16.5 Å². The van der Waals surface area contributed by atoms with Gasteiger partial charge in [-0.05, 0) is 37.5 Å². The highest BCUT2D eigenvalue weighted by atomic mass is 32.1. The van der Waals surface area contributed by atoms with Crippen molar-refractivity contribution < 1.29 is 4.74 Å². The van der Waals surface area contributed by atoms with Crippen LogP contribution in [0.2, 0.25) is 0 Å². The van der Waals surface area contributed by atoms with Gasteiger partial charge in [0.05, 0.1) is 18.3 Å². The maximum atomic E-state index is 5.39. The molecule has 22 heavy (non-hydrogen) atoms. The van der Waals surface area contributed by atoms with Gasteiger partial charge < -0.3 is 4.74 Å². The fourth-order valence-electron chi connectivity index (χ4n) is 2.38. The fourth-order valence-corrected chi connectivity index (χ4v) is 3.29. The summed E-state index contributed by atoms with van der Waals surface area (Å²) in [6.45, 7) is 8.30. The number of hydrogen-bond donors (Lipinski definition) is 0. The molecule has 0 bridgehead atoms. The third kappa shape index (κ3) is 2.57. The second-order valence-corrected chi connectivity index (χ2v) is 6.56. The van der Waals surface area contributed by atoms with Gasteiger partial charge in [0.2, 0.25) is 0 Å². The molecule has 3 rings (SSSR count). The van der Waals surface area contributed by atoms with Gasteiger partial charge in [-0.1, -0.05) is 13.8 Å². The zero-order valence-electron chi connectivity index (χ0n) is 13.5. The van der Waals surface area contributed by atoms with E-state index in [1.807, 2.05) is 26.0 Å². The number of thiazole rings is 1. The molecule has 0 saturated heterocycles. The highest BCUT2D eigenvalue weighted by Crippen LogP contribution is 2.29. The number of aromatic nitrogens is 3. The maximum Gasteiger partial charge on any atom is 0.189 e. The SMILES string of the molecule is COc1cc2c(C)nc(-c3nc(C(C)C)cs3)nc2cc1C. The van der Waals surface area contributed by atoms with Crippen molar-refractivity contribution in [1.29, 1.82) is 0 Å². The van der Waals surface area contributed by atoms with E-state index in [9.17, 15) is 0 Å². The van der Waals surface area contributed by atoms with E-state index >= 15 is 0 Å². The van der Waals surface area contributed by atoms with Crippen molar-refractivity contribution >= 4 is 22.2 Å². The van der Waals surface area contributed by atoms with Gasteiger partial charge in [-0.2, -0.15) is 0 Å². The number of methoxy groups -OCH3 is 1. The first-order valence-corrected chi connectivity index (χ1v) is 8.16. The van der Waals surface area contributed by atoms with E-state index in [1.165, 1.54) is 0 Å². The Morgan fingerprint density at radius 3 is 2.50 bits per heavy atom. The predicted octanol–water partition coefficient (Wildman–Crippen LogP) is 4.50. The van der Waals surface area contributed by atoms with Crippen LogP contribution >= 0.6 is 11.3 Å². The van der Waals surface area contributed by atoms with E-state index in [2.05, 4.69) is 29.2 Å². The van der Waals surface area contributed by atoms with Crippen LogP contribution in [0.1, 0.15) is 36.7 Å². The molecule has 2 aromatic heterocycles. The second kappa shape index (κ2) is 5.65. The number of aryl methyl sites for hydroxylation is 2. The smallest absolute Gasteiger partial charge is 0.189 e. The van der Waals surface area contributed by atoms with Crippen molar-refractivity contribution in [3.8, 4) is 16.6 Å². The lowest BCUT2D eigenvalue weighted by Crippen LogP contribution is -1.97. The van der Waals surface area contributed by atoms with Gasteiger partial charge in [-0.25, -0.2) is 15.0 Å². The Kier molecular flexibility index (Phi) is 3.83. The van der Waals surface area contributed by atoms with Crippen LogP contribution < -0.4 is 4.74 Å². The molecule has 5 heteroatoms. The van der Waals surface area contributed by atoms with Crippen LogP contribution in [-0.4, -0.2) is 22.1 Å². The van der Waals surface area contributed by atoms with E-state index in [1.54, 1.807) is 18.4 Å². The van der Waals surface area contributed by atoms with Crippen LogP contribution in [0.15, 0.2) is 17.5 Å². The average Bonchev–Trinajstić information content (AvgIpc) is 2.96. The zero-order valence-corrected chi connectivity index (χ0v) is 14.3. The van der Waals surface area contributed by atoms with Gasteiger partial charge >= 0.3 is 0 Å². The first kappa shape index (κ1) is 14.9. The molecular weight excluding hydrogens is 294 g/mol. The molecule has 0 N–H and O–H groups in total. The van der Waals surface area contributed by atoms with Crippen LogP contribution in [0, 0.1) is 13.8 Å². The monoisotopic (exact) mass is 313 g/mol. The zero-order chi connectivity index (χ0) is 15.9. The summed E-state index contributed by atoms with van der Waals surface area (Å²) in [7, 11) is 1.68. The number of benzene rings is 1. The van der Waals surface area contributed by atoms with Crippen LogP contribution in [0.5, 0.6) is 5.75 Å². The molecule has 4 nitrogen and oxygen atoms in total. The maximum absolute atomic E-state index is 5.39. The fraction of sp³-hybridized carbons (Fsp3) is 0.353. The topological polar surface area (TPSA) is 47.9 Å². The second-order valence-electron chi connectivity index (χ2n) is 5.70. The van der Waals surface area contributed by atoms with Crippen molar-refractivity contribution in [3.63, 3.8) is 0 Å². The summed E-state index contributed by atoms with van der Waals surface area (Å²) < 4.78 is 5.39. The van der Waals surface area contributed by atoms with Gasteiger partial charge in [0.1, 0.15) is 5.75 Å². The molecule has 0 unspecified atom stereocenters. The average molecular weight is 313 g/mol. The Morgan fingerprint density at radius 1 is 1.09 bits per heavy atom. The first-order valence-electron chi connectivity index (χ1n) is 7.28. The molecule has 0 radical (unpaired) electrons. The van der Waals surface area contributed by atoms with E-state index in [4.69, 9.17) is 9.72 Å². The van der Waals surface area contributed by atoms with Gasteiger partial charge in [-0.3, -0.25) is 0 Å². The minimum atomic E-state index is 0.415. The Balaban J connectivity index is 2.15. The molecule has 0 saturated carbocycles. The summed E-state index contributed by atoms with van der Waals surface area (Å²) >= 11 is 1.60. The molecule has 114 valence electrons. The van der Waals surface area contributed by atoms with E-state index in [-0.39, 0.29) is 0 Å². The molecule has 0 aliphatic rings. The van der Waals surface area contributed by atoms with E-state index in [0.29, 0.717) is 11.7 Å². The Hall–Kier alpha value is -2.01. The molecular formula is C17H19N3OS. The number of rotatable bonds is 3. The van der Waals surface area contributed by atoms with E-state index in [0.717, 1.165) is 38.6 Å². The Bertz CT molecular complexity index is 839. The summed E-state index contributed by atoms with van der Waals surface area (Å²) in [6.07, 6.45) is 0. The van der Waals surface area contributed by atoms with Crippen molar-refractivity contribution in [2.45, 2.75) is 33.6 Å². The minimum Gasteiger partial charge on any atom is -0.496 e. The third-order valence-electron chi connectivity index (χ3n) is 3.71. The molecule has 0 fully saturated rings. The molecule has 2 heterocycles. The quantitative estimate of drug-likeness (QED) is 0.714. The highest BCUT2D eigenvalue weighted by molar-refractivity contribution is 7.13. The predicted molar refractivity (Wildman–Crippen MR) is 90.8 cm³/mol. The molecule has 3 aromatic rings. The largest absolute Gasteiger partial charge is 0.496 e. The number of hydrogen-bond acceptors (Lipinski definition) is 5. The molecule has 1 aromatic carbocycles. The van der Waals surface area contributed by atoms with Gasteiger partial charge in [0.15, 0.2) is 10.8 Å². The molecule has 0 aliphatic carbocycles. The van der Waals surface area contributed by atoms with Crippen LogP contribution in [0.25, 0.3) is 21.7 Å². The summed E-state index contributed by atoms with van der Waals surface area (Å²) in [5.74, 6) is 1.98. The van der Waals surface area contributed by atoms with Crippen molar-refractivity contribution in [1.82, 2.24) is 15.0 Å². The number of ether oxygens (including phenoxy) is 1. The summed E-state index contributed by atoms with van der Waals surface area (Å²) in [5.41, 5.74) is 4.04. The normalized spacial score (nSPS) is 11.4. The highest BCUT2D eigenvalue weighted by Gasteiger charge is 2.13. The van der Waals surface area contributed by atoms with Crippen LogP contribution in [-0.2, 0) is 0 Å². The summed E-state index contributed by atoms with van der Waals surface area (Å²) in [6, 6.07) is 4.05. The lowest BCUT2D eigenvalue weighted by atomic mass is 10.1. The number of fused-ring (bicyclic) bond motifs is 1. The summed E-state index contributed by atoms with van der Waals surface area (Å²) in [4.78, 5) is 14.0. The Labute approximate surface area is 134 Å². The van der Waals surface area contributed by atoms with Crippen LogP contribution in [0.3, 0.4) is 0 Å². The van der Waals surface area contributed by atoms with Crippen LogP contribution in [0.4, 0.5) is 0 Å². The Morgan fingerprint density at radius 2 is 1.86 bits per heavy atom. The minimum absolute atomic E-state index is 0.415. The lowest BCUT2D eigenvalue weighted by Gasteiger charge is -2.09. The standard InChI is InChI=1S/C17H19N3OS/c1-9(2)14-8-22-17(20-14)16-18-11(4)12-7-15(21-5)10(3)6-13(12)19-16/h6-9H,1-5H3. The van der Waals surface area contributed by atoms with Crippen molar-refractivity contribution in [2.75, 3.05) is 7.11 Å².